The Kier molecular flexibility index (Phi) is 18.0. The molecule has 4 aliphatic heterocycles. The van der Waals surface area contributed by atoms with Crippen LogP contribution in [0.5, 0.6) is 0 Å². The van der Waals surface area contributed by atoms with Gasteiger partial charge in [0.05, 0.1) is 11.8 Å². The van der Waals surface area contributed by atoms with Crippen molar-refractivity contribution in [2.75, 3.05) is 86.1 Å². The van der Waals surface area contributed by atoms with Crippen LogP contribution in [0.15, 0.2) is 0 Å². The number of rotatable bonds is 18. The molecule has 2 aromatic rings. The third-order valence-corrected chi connectivity index (χ3v) is 14.7. The van der Waals surface area contributed by atoms with Gasteiger partial charge in [0.15, 0.2) is 23.3 Å². The van der Waals surface area contributed by atoms with Crippen LogP contribution in [-0.2, 0) is 22.4 Å². The Bertz CT molecular complexity index is 1900. The van der Waals surface area contributed by atoms with E-state index in [1.807, 2.05) is 23.6 Å². The van der Waals surface area contributed by atoms with Gasteiger partial charge in [0, 0.05) is 77.3 Å². The number of halogens is 2. The van der Waals surface area contributed by atoms with Crippen LogP contribution in [0.1, 0.15) is 115 Å². The van der Waals surface area contributed by atoms with E-state index in [1.165, 1.54) is 12.8 Å². The summed E-state index contributed by atoms with van der Waals surface area (Å²) >= 11 is 0. The first-order chi connectivity index (χ1) is 32.9. The van der Waals surface area contributed by atoms with Crippen molar-refractivity contribution < 1.29 is 38.2 Å². The van der Waals surface area contributed by atoms with Gasteiger partial charge in [-0.3, -0.25) is 41.1 Å². The molecule has 4 amide bonds. The summed E-state index contributed by atoms with van der Waals surface area (Å²) in [5, 5.41) is 22.6. The lowest BCUT2D eigenvalue weighted by Gasteiger charge is -2.38. The largest absolute Gasteiger partial charge is 0.465 e. The fourth-order valence-corrected chi connectivity index (χ4v) is 11.0. The van der Waals surface area contributed by atoms with Crippen molar-refractivity contribution >= 4 is 47.3 Å². The summed E-state index contributed by atoms with van der Waals surface area (Å²) in [5.41, 5.74) is 10.5. The lowest BCUT2D eigenvalue weighted by molar-refractivity contribution is -0.125. The van der Waals surface area contributed by atoms with Gasteiger partial charge in [-0.25, -0.2) is 29.5 Å². The number of hydrogen-bond acceptors (Lipinski definition) is 14. The molecule has 68 heavy (non-hydrogen) atoms. The second kappa shape index (κ2) is 24.3. The fourth-order valence-electron chi connectivity index (χ4n) is 11.0. The first kappa shape index (κ1) is 50.5. The van der Waals surface area contributed by atoms with E-state index >= 15 is 8.78 Å². The second-order valence-corrected chi connectivity index (χ2v) is 19.3. The van der Waals surface area contributed by atoms with E-state index in [9.17, 15) is 19.2 Å². The Morgan fingerprint density at radius 1 is 0.574 bits per heavy atom. The number of anilines is 4. The van der Waals surface area contributed by atoms with Gasteiger partial charge in [-0.1, -0.05) is 65.2 Å². The first-order valence-corrected chi connectivity index (χ1v) is 25.0. The van der Waals surface area contributed by atoms with Crippen LogP contribution in [0, 0.1) is 35.3 Å². The predicted molar refractivity (Wildman–Crippen MR) is 252 cm³/mol. The van der Waals surface area contributed by atoms with Crippen LogP contribution in [0.4, 0.5) is 41.6 Å². The Balaban J connectivity index is 0.000000201. The SMILES string of the molecule is CCc1nc(NNC(=O)[C@@H](CNC(=O)O)CC2CCCC2)c(F)c(N2CCN3CCC[C@@H]3C2)n1.CCc1nc(NNC(=O)[C@@H](CNC(=O)O)CC2CCCC2)c(F)c(N2CCN3CCC[C@@H]3C2)n1. The van der Waals surface area contributed by atoms with Crippen LogP contribution in [0.25, 0.3) is 0 Å². The minimum atomic E-state index is -1.17. The number of nitrogens with zero attached hydrogens (tertiary/aromatic N) is 8. The number of carboxylic acid groups (broad SMARTS) is 2. The average Bonchev–Trinajstić information content (AvgIpc) is 4.20. The Labute approximate surface area is 397 Å². The maximum atomic E-state index is 15.5. The smallest absolute Gasteiger partial charge is 0.404 e. The highest BCUT2D eigenvalue weighted by Gasteiger charge is 2.35. The molecule has 6 aliphatic rings. The molecular formula is C46H72F2N14O6. The number of fused-ring (bicyclic) bond motifs is 2. The normalized spacial score (nSPS) is 21.8. The zero-order chi connectivity index (χ0) is 48.2. The van der Waals surface area contributed by atoms with Gasteiger partial charge in [0.25, 0.3) is 0 Å². The zero-order valence-electron chi connectivity index (χ0n) is 39.7. The Morgan fingerprint density at radius 3 is 1.34 bits per heavy atom. The summed E-state index contributed by atoms with van der Waals surface area (Å²) in [5.74, 6) is -0.802. The Morgan fingerprint density at radius 2 is 0.971 bits per heavy atom. The van der Waals surface area contributed by atoms with Crippen molar-refractivity contribution in [2.24, 2.45) is 23.7 Å². The number of aryl methyl sites for hydroxylation is 2. The monoisotopic (exact) mass is 955 g/mol. The molecule has 8 rings (SSSR count). The number of nitrogens with one attached hydrogen (secondary N) is 6. The summed E-state index contributed by atoms with van der Waals surface area (Å²) in [6.07, 6.45) is 13.2. The molecular weight excluding hydrogens is 883 g/mol. The standard InChI is InChI=1S/2C23H36FN7O3/c2*1-2-18-26-20(19(24)21(27-18)31-11-10-30-9-5-8-17(30)14-31)28-29-22(32)16(13-25-23(33)34)12-15-6-3-4-7-15/h2*15-17,25H,2-14H2,1H3,(H,29,32)(H,33,34)(H,26,27,28)/t2*16-,17-/m11/s1. The van der Waals surface area contributed by atoms with Gasteiger partial charge < -0.3 is 30.6 Å². The number of aromatic nitrogens is 4. The number of carbonyl (C=O) groups excluding carboxylic acids is 2. The lowest BCUT2D eigenvalue weighted by atomic mass is 9.92. The number of piperazine rings is 2. The van der Waals surface area contributed by atoms with Crippen LogP contribution >= 0.6 is 0 Å². The molecule has 8 N–H and O–H groups in total. The summed E-state index contributed by atoms with van der Waals surface area (Å²) in [6.45, 7) is 10.7. The van der Waals surface area contributed by atoms with Gasteiger partial charge in [-0.15, -0.1) is 0 Å². The van der Waals surface area contributed by atoms with Crippen LogP contribution in [0.2, 0.25) is 0 Å². The minimum Gasteiger partial charge on any atom is -0.465 e. The van der Waals surface area contributed by atoms with Gasteiger partial charge in [0.2, 0.25) is 23.4 Å². The minimum absolute atomic E-state index is 0.0166. The third kappa shape index (κ3) is 13.4. The number of carbonyl (C=O) groups is 4. The molecule has 22 heteroatoms. The summed E-state index contributed by atoms with van der Waals surface area (Å²) in [7, 11) is 0. The molecule has 4 atom stereocenters. The molecule has 4 saturated heterocycles. The van der Waals surface area contributed by atoms with Crippen LogP contribution < -0.4 is 42.1 Å². The second-order valence-electron chi connectivity index (χ2n) is 19.3. The van der Waals surface area contributed by atoms with E-state index in [2.05, 4.69) is 62.1 Å². The molecule has 6 fully saturated rings. The van der Waals surface area contributed by atoms with Crippen LogP contribution in [0.3, 0.4) is 0 Å². The highest BCUT2D eigenvalue weighted by Crippen LogP contribution is 2.33. The van der Waals surface area contributed by atoms with E-state index in [0.29, 0.717) is 74.3 Å². The Hall–Kier alpha value is -5.38. The van der Waals surface area contributed by atoms with Crippen molar-refractivity contribution in [1.29, 1.82) is 0 Å². The van der Waals surface area contributed by atoms with E-state index in [-0.39, 0.29) is 48.2 Å². The van der Waals surface area contributed by atoms with E-state index in [0.717, 1.165) is 103 Å². The summed E-state index contributed by atoms with van der Waals surface area (Å²) in [6, 6.07) is 0.838. The lowest BCUT2D eigenvalue weighted by Crippen LogP contribution is -2.50. The molecule has 0 aromatic carbocycles. The number of amides is 4. The maximum absolute atomic E-state index is 15.5. The molecule has 2 aliphatic carbocycles. The highest BCUT2D eigenvalue weighted by atomic mass is 19.1. The number of hydrogen-bond donors (Lipinski definition) is 8. The van der Waals surface area contributed by atoms with Crippen molar-refractivity contribution in [3.8, 4) is 0 Å². The molecule has 20 nitrogen and oxygen atoms in total. The first-order valence-electron chi connectivity index (χ1n) is 25.0. The molecule has 2 aromatic heterocycles. The van der Waals surface area contributed by atoms with Crippen molar-refractivity contribution in [3.05, 3.63) is 23.3 Å². The van der Waals surface area contributed by atoms with Gasteiger partial charge in [-0.2, -0.15) is 8.78 Å². The molecule has 2 saturated carbocycles. The fraction of sp³-hybridized carbons (Fsp3) is 0.739. The van der Waals surface area contributed by atoms with Crippen LogP contribution in [-0.4, -0.2) is 141 Å². The maximum Gasteiger partial charge on any atom is 0.404 e. The van der Waals surface area contributed by atoms with Gasteiger partial charge in [0.1, 0.15) is 11.6 Å². The molecule has 376 valence electrons. The van der Waals surface area contributed by atoms with E-state index in [4.69, 9.17) is 10.2 Å². The highest BCUT2D eigenvalue weighted by molar-refractivity contribution is 5.81. The third-order valence-electron chi connectivity index (χ3n) is 14.7. The average molecular weight is 955 g/mol. The molecule has 0 unspecified atom stereocenters. The van der Waals surface area contributed by atoms with Gasteiger partial charge >= 0.3 is 12.2 Å². The van der Waals surface area contributed by atoms with Gasteiger partial charge in [-0.05, 0) is 63.5 Å². The topological polar surface area (TPSA) is 245 Å². The van der Waals surface area contributed by atoms with E-state index in [1.54, 1.807) is 0 Å². The molecule has 0 bridgehead atoms. The zero-order valence-corrected chi connectivity index (χ0v) is 39.7. The molecule has 0 spiro atoms. The summed E-state index contributed by atoms with van der Waals surface area (Å²) < 4.78 is 30.9. The van der Waals surface area contributed by atoms with Crippen molar-refractivity contribution in [2.45, 2.75) is 129 Å². The quantitative estimate of drug-likeness (QED) is 0.0941. The predicted octanol–water partition coefficient (Wildman–Crippen LogP) is 4.74. The van der Waals surface area contributed by atoms with Crippen molar-refractivity contribution in [3.63, 3.8) is 0 Å². The number of hydrazine groups is 2. The van der Waals surface area contributed by atoms with Crippen molar-refractivity contribution in [1.82, 2.24) is 51.2 Å². The van der Waals surface area contributed by atoms with E-state index < -0.39 is 35.7 Å². The molecule has 6 heterocycles. The summed E-state index contributed by atoms with van der Waals surface area (Å²) in [4.78, 5) is 74.1. The molecule has 0 radical (unpaired) electrons.